The van der Waals surface area contributed by atoms with E-state index in [1.165, 1.54) is 19.2 Å². The van der Waals surface area contributed by atoms with Gasteiger partial charge in [-0.05, 0) is 24.6 Å². The van der Waals surface area contributed by atoms with Gasteiger partial charge in [0.1, 0.15) is 5.75 Å². The maximum atomic E-state index is 11.5. The third kappa shape index (κ3) is 5.26. The molecule has 0 aliphatic rings. The number of hydrogen-bond donors (Lipinski definition) is 0. The maximum Gasteiger partial charge on any atom is 0.543 e. The number of ether oxygens (including phenoxy) is 2. The third-order valence-electron chi connectivity index (χ3n) is 1.94. The molecule has 0 amide bonds. The van der Waals surface area contributed by atoms with Crippen molar-refractivity contribution >= 4 is 12.1 Å². The van der Waals surface area contributed by atoms with Crippen molar-refractivity contribution in [1.82, 2.24) is 0 Å². The first kappa shape index (κ1) is 14.8. The van der Waals surface area contributed by atoms with Gasteiger partial charge in [0.05, 0.1) is 24.3 Å². The van der Waals surface area contributed by atoms with Crippen molar-refractivity contribution in [2.45, 2.75) is 13.3 Å². The number of carbonyl (C=O) groups is 2. The average molecular weight is 270 g/mol. The van der Waals surface area contributed by atoms with E-state index in [2.05, 4.69) is 19.6 Å². The van der Waals surface area contributed by atoms with Crippen molar-refractivity contribution in [3.63, 3.8) is 0 Å². The van der Waals surface area contributed by atoms with Gasteiger partial charge < -0.3 is 9.47 Å². The highest BCUT2D eigenvalue weighted by Gasteiger charge is 2.12. The van der Waals surface area contributed by atoms with Crippen LogP contribution >= 0.6 is 0 Å². The summed E-state index contributed by atoms with van der Waals surface area (Å²) in [5.41, 5.74) is 0.185. The Bertz CT molecular complexity index is 430. The van der Waals surface area contributed by atoms with Gasteiger partial charge in [-0.2, -0.15) is 0 Å². The molecule has 0 N–H and O–H groups in total. The molecule has 19 heavy (non-hydrogen) atoms. The van der Waals surface area contributed by atoms with E-state index in [4.69, 9.17) is 4.74 Å². The molecule has 0 aliphatic heterocycles. The summed E-state index contributed by atoms with van der Waals surface area (Å²) in [5, 5.41) is 4.02. The van der Waals surface area contributed by atoms with Crippen LogP contribution in [0.5, 0.6) is 5.75 Å². The number of benzene rings is 1. The summed E-state index contributed by atoms with van der Waals surface area (Å²) in [4.78, 5) is 30.6. The molecule has 7 heteroatoms. The molecule has 0 aliphatic carbocycles. The molecule has 0 heterocycles. The highest BCUT2D eigenvalue weighted by atomic mass is 17.5. The summed E-state index contributed by atoms with van der Waals surface area (Å²) in [6.45, 7) is 2.00. The molecule has 104 valence electrons. The van der Waals surface area contributed by atoms with E-state index in [1.807, 2.05) is 6.92 Å². The molecule has 0 saturated carbocycles. The first-order valence-corrected chi connectivity index (χ1v) is 5.53. The summed E-state index contributed by atoms with van der Waals surface area (Å²) in [7, 11) is 1.47. The van der Waals surface area contributed by atoms with E-state index in [0.717, 1.165) is 0 Å². The topological polar surface area (TPSA) is 80.3 Å². The zero-order valence-electron chi connectivity index (χ0n) is 10.6. The SMILES string of the molecule is CCCOC(=O)OOOC(=O)c1cccc(OC)c1. The number of carbonyl (C=O) groups excluding carboxylic acids is 2. The lowest BCUT2D eigenvalue weighted by molar-refractivity contribution is -0.452. The minimum absolute atomic E-state index is 0.185. The molecule has 0 fully saturated rings. The van der Waals surface area contributed by atoms with Gasteiger partial charge in [-0.25, -0.2) is 14.5 Å². The Hall–Kier alpha value is -2.28. The first-order valence-electron chi connectivity index (χ1n) is 5.53. The third-order valence-corrected chi connectivity index (χ3v) is 1.94. The van der Waals surface area contributed by atoms with Gasteiger partial charge in [0.25, 0.3) is 0 Å². The molecule has 0 aromatic heterocycles. The molecule has 7 nitrogen and oxygen atoms in total. The highest BCUT2D eigenvalue weighted by Crippen LogP contribution is 2.13. The van der Waals surface area contributed by atoms with Crippen molar-refractivity contribution in [2.24, 2.45) is 0 Å². The van der Waals surface area contributed by atoms with E-state index in [0.29, 0.717) is 12.2 Å². The molecular formula is C12H14O7. The van der Waals surface area contributed by atoms with Crippen molar-refractivity contribution in [1.29, 1.82) is 0 Å². The van der Waals surface area contributed by atoms with Gasteiger partial charge in [0.2, 0.25) is 0 Å². The Kier molecular flexibility index (Phi) is 6.17. The second-order valence-electron chi connectivity index (χ2n) is 3.35. The van der Waals surface area contributed by atoms with Crippen LogP contribution in [0.3, 0.4) is 0 Å². The van der Waals surface area contributed by atoms with Gasteiger partial charge >= 0.3 is 12.1 Å². The Morgan fingerprint density at radius 3 is 2.68 bits per heavy atom. The predicted octanol–water partition coefficient (Wildman–Crippen LogP) is 2.26. The Morgan fingerprint density at radius 2 is 2.00 bits per heavy atom. The number of rotatable bonds is 6. The van der Waals surface area contributed by atoms with E-state index in [9.17, 15) is 9.59 Å². The van der Waals surface area contributed by atoms with Gasteiger partial charge in [-0.3, -0.25) is 4.89 Å². The molecule has 1 rings (SSSR count). The summed E-state index contributed by atoms with van der Waals surface area (Å²) < 4.78 is 9.46. The minimum Gasteiger partial charge on any atom is -0.497 e. The predicted molar refractivity (Wildman–Crippen MR) is 62.2 cm³/mol. The monoisotopic (exact) mass is 270 g/mol. The molecule has 1 aromatic carbocycles. The highest BCUT2D eigenvalue weighted by molar-refractivity contribution is 5.89. The first-order chi connectivity index (χ1) is 9.17. The quantitative estimate of drug-likeness (QED) is 0.445. The summed E-state index contributed by atoms with van der Waals surface area (Å²) in [5.74, 6) is -0.347. The van der Waals surface area contributed by atoms with Crippen molar-refractivity contribution in [3.05, 3.63) is 29.8 Å². The van der Waals surface area contributed by atoms with Crippen LogP contribution in [-0.2, 0) is 19.6 Å². The summed E-state index contributed by atoms with van der Waals surface area (Å²) in [6, 6.07) is 6.20. The largest absolute Gasteiger partial charge is 0.543 e. The zero-order chi connectivity index (χ0) is 14.1. The average Bonchev–Trinajstić information content (AvgIpc) is 2.45. The van der Waals surface area contributed by atoms with Crippen LogP contribution in [0.4, 0.5) is 4.79 Å². The Balaban J connectivity index is 2.36. The fourth-order valence-corrected chi connectivity index (χ4v) is 1.08. The van der Waals surface area contributed by atoms with Crippen LogP contribution in [0, 0.1) is 0 Å². The molecular weight excluding hydrogens is 256 g/mol. The lowest BCUT2D eigenvalue weighted by Crippen LogP contribution is -2.12. The Morgan fingerprint density at radius 1 is 1.21 bits per heavy atom. The molecule has 0 unspecified atom stereocenters. The minimum atomic E-state index is -1.08. The summed E-state index contributed by atoms with van der Waals surface area (Å²) in [6.07, 6.45) is -0.445. The van der Waals surface area contributed by atoms with Crippen LogP contribution in [-0.4, -0.2) is 25.8 Å². The molecule has 1 aromatic rings. The number of hydrogen-bond acceptors (Lipinski definition) is 7. The van der Waals surface area contributed by atoms with Crippen LogP contribution < -0.4 is 4.74 Å². The van der Waals surface area contributed by atoms with Crippen LogP contribution in [0.1, 0.15) is 23.7 Å². The van der Waals surface area contributed by atoms with E-state index in [-0.39, 0.29) is 12.2 Å². The molecule has 0 bridgehead atoms. The van der Waals surface area contributed by atoms with Crippen molar-refractivity contribution in [3.8, 4) is 5.75 Å². The van der Waals surface area contributed by atoms with Gasteiger partial charge in [0.15, 0.2) is 0 Å². The second kappa shape index (κ2) is 7.93. The molecule has 0 saturated heterocycles. The van der Waals surface area contributed by atoms with Crippen LogP contribution in [0.2, 0.25) is 0 Å². The van der Waals surface area contributed by atoms with E-state index in [1.54, 1.807) is 12.1 Å². The Labute approximate surface area is 109 Å². The van der Waals surface area contributed by atoms with Gasteiger partial charge in [0, 0.05) is 0 Å². The fraction of sp³-hybridized carbons (Fsp3) is 0.333. The zero-order valence-corrected chi connectivity index (χ0v) is 10.6. The van der Waals surface area contributed by atoms with Crippen molar-refractivity contribution < 1.29 is 33.9 Å². The fourth-order valence-electron chi connectivity index (χ4n) is 1.08. The van der Waals surface area contributed by atoms with Gasteiger partial charge in [-0.15, -0.1) is 0 Å². The van der Waals surface area contributed by atoms with Crippen LogP contribution in [0.15, 0.2) is 24.3 Å². The smallest absolute Gasteiger partial charge is 0.497 e. The van der Waals surface area contributed by atoms with Crippen molar-refractivity contribution in [2.75, 3.05) is 13.7 Å². The maximum absolute atomic E-state index is 11.5. The van der Waals surface area contributed by atoms with E-state index < -0.39 is 12.1 Å². The lowest BCUT2D eigenvalue weighted by Gasteiger charge is -2.04. The number of methoxy groups -OCH3 is 1. The van der Waals surface area contributed by atoms with E-state index >= 15 is 0 Å². The normalized spacial score (nSPS) is 9.58. The van der Waals surface area contributed by atoms with Crippen LogP contribution in [0.25, 0.3) is 0 Å². The molecule has 0 spiro atoms. The van der Waals surface area contributed by atoms with Gasteiger partial charge in [-0.1, -0.05) is 13.0 Å². The molecule has 0 atom stereocenters. The molecule has 0 radical (unpaired) electrons. The second-order valence-corrected chi connectivity index (χ2v) is 3.35. The standard InChI is InChI=1S/C12H14O7/c1-3-7-16-12(14)18-19-17-11(13)9-5-4-6-10(8-9)15-2/h4-6,8H,3,7H2,1-2H3. The lowest BCUT2D eigenvalue weighted by atomic mass is 10.2. The summed E-state index contributed by atoms with van der Waals surface area (Å²) >= 11 is 0.